The van der Waals surface area contributed by atoms with E-state index in [9.17, 15) is 9.59 Å². The molecule has 0 N–H and O–H groups in total. The number of anilines is 1. The third-order valence-electron chi connectivity index (χ3n) is 5.04. The second-order valence-electron chi connectivity index (χ2n) is 7.38. The number of aryl methyl sites for hydroxylation is 1. The highest BCUT2D eigenvalue weighted by atomic mass is 35.5. The van der Waals surface area contributed by atoms with E-state index in [1.807, 2.05) is 68.1 Å². The van der Waals surface area contributed by atoms with Crippen molar-refractivity contribution in [2.45, 2.75) is 39.8 Å². The number of hydrogen-bond donors (Lipinski definition) is 0. The Balaban J connectivity index is 1.76. The van der Waals surface area contributed by atoms with Crippen LogP contribution in [0.25, 0.3) is 0 Å². The summed E-state index contributed by atoms with van der Waals surface area (Å²) in [4.78, 5) is 29.2. The van der Waals surface area contributed by atoms with Gasteiger partial charge in [-0.2, -0.15) is 0 Å². The summed E-state index contributed by atoms with van der Waals surface area (Å²) in [5, 5.41) is 0.628. The maximum atomic E-state index is 13.2. The lowest BCUT2D eigenvalue weighted by atomic mass is 10.1. The smallest absolute Gasteiger partial charge is 0.228 e. The van der Waals surface area contributed by atoms with Gasteiger partial charge in [-0.3, -0.25) is 9.59 Å². The van der Waals surface area contributed by atoms with E-state index in [2.05, 4.69) is 0 Å². The van der Waals surface area contributed by atoms with Crippen molar-refractivity contribution in [3.63, 3.8) is 0 Å². The monoisotopic (exact) mass is 384 g/mol. The average Bonchev–Trinajstić information content (AvgIpc) is 3.04. The van der Waals surface area contributed by atoms with Gasteiger partial charge in [-0.05, 0) is 44.0 Å². The van der Waals surface area contributed by atoms with Crippen LogP contribution in [0.5, 0.6) is 0 Å². The molecule has 1 heterocycles. The number of hydrogen-bond acceptors (Lipinski definition) is 2. The number of halogens is 1. The number of carbonyl (C=O) groups excluding carboxylic acids is 2. The van der Waals surface area contributed by atoms with Crippen molar-refractivity contribution >= 4 is 29.1 Å². The SMILES string of the molecule is Cc1ccc(N2C[C@H](C(=O)N(Cc3ccccc3)C(C)C)CC2=O)cc1Cl. The minimum Gasteiger partial charge on any atom is -0.336 e. The predicted molar refractivity (Wildman–Crippen MR) is 109 cm³/mol. The summed E-state index contributed by atoms with van der Waals surface area (Å²) in [5.41, 5.74) is 2.81. The Labute approximate surface area is 165 Å². The highest BCUT2D eigenvalue weighted by Gasteiger charge is 2.37. The first-order valence-corrected chi connectivity index (χ1v) is 9.65. The number of rotatable bonds is 5. The lowest BCUT2D eigenvalue weighted by Gasteiger charge is -2.29. The Hall–Kier alpha value is -2.33. The van der Waals surface area contributed by atoms with Crippen LogP contribution < -0.4 is 4.90 Å². The van der Waals surface area contributed by atoms with Gasteiger partial charge in [0.25, 0.3) is 0 Å². The summed E-state index contributed by atoms with van der Waals surface area (Å²) in [5.74, 6) is -0.330. The van der Waals surface area contributed by atoms with Gasteiger partial charge >= 0.3 is 0 Å². The van der Waals surface area contributed by atoms with Gasteiger partial charge in [0.15, 0.2) is 0 Å². The molecule has 27 heavy (non-hydrogen) atoms. The van der Waals surface area contributed by atoms with Crippen LogP contribution in [0.1, 0.15) is 31.4 Å². The molecule has 4 nitrogen and oxygen atoms in total. The van der Waals surface area contributed by atoms with Crippen molar-refractivity contribution in [1.82, 2.24) is 4.90 Å². The molecule has 0 saturated carbocycles. The van der Waals surface area contributed by atoms with Crippen LogP contribution in [0.3, 0.4) is 0 Å². The first-order valence-electron chi connectivity index (χ1n) is 9.27. The van der Waals surface area contributed by atoms with Gasteiger partial charge in [-0.15, -0.1) is 0 Å². The molecule has 0 aromatic heterocycles. The van der Waals surface area contributed by atoms with Crippen molar-refractivity contribution in [2.24, 2.45) is 5.92 Å². The Morgan fingerprint density at radius 1 is 1.22 bits per heavy atom. The van der Waals surface area contributed by atoms with Gasteiger partial charge in [0.05, 0.1) is 5.92 Å². The molecule has 1 atom stereocenters. The summed E-state index contributed by atoms with van der Waals surface area (Å²) >= 11 is 6.21. The van der Waals surface area contributed by atoms with Crippen LogP contribution in [-0.4, -0.2) is 29.3 Å². The molecule has 2 amide bonds. The molecule has 3 rings (SSSR count). The molecular weight excluding hydrogens is 360 g/mol. The van der Waals surface area contributed by atoms with Gasteiger partial charge < -0.3 is 9.80 Å². The molecule has 2 aromatic carbocycles. The second kappa shape index (κ2) is 8.13. The molecule has 1 saturated heterocycles. The zero-order valence-electron chi connectivity index (χ0n) is 16.0. The normalized spacial score (nSPS) is 16.9. The molecule has 2 aromatic rings. The quantitative estimate of drug-likeness (QED) is 0.764. The molecule has 0 spiro atoms. The Bertz CT molecular complexity index is 835. The van der Waals surface area contributed by atoms with E-state index in [-0.39, 0.29) is 30.2 Å². The Morgan fingerprint density at radius 2 is 1.93 bits per heavy atom. The van der Waals surface area contributed by atoms with Crippen molar-refractivity contribution in [1.29, 1.82) is 0 Å². The lowest BCUT2D eigenvalue weighted by molar-refractivity contribution is -0.138. The van der Waals surface area contributed by atoms with Crippen LogP contribution in [0, 0.1) is 12.8 Å². The topological polar surface area (TPSA) is 40.6 Å². The molecule has 1 aliphatic heterocycles. The molecule has 1 fully saturated rings. The molecule has 0 bridgehead atoms. The zero-order valence-corrected chi connectivity index (χ0v) is 16.7. The van der Waals surface area contributed by atoms with Gasteiger partial charge in [0, 0.05) is 36.3 Å². The van der Waals surface area contributed by atoms with E-state index in [0.29, 0.717) is 18.1 Å². The third-order valence-corrected chi connectivity index (χ3v) is 5.45. The number of amides is 2. The van der Waals surface area contributed by atoms with Crippen LogP contribution in [0.4, 0.5) is 5.69 Å². The van der Waals surface area contributed by atoms with Gasteiger partial charge in [-0.1, -0.05) is 48.0 Å². The van der Waals surface area contributed by atoms with E-state index in [1.54, 1.807) is 11.0 Å². The first kappa shape index (κ1) is 19.4. The van der Waals surface area contributed by atoms with Crippen LogP contribution >= 0.6 is 11.6 Å². The van der Waals surface area contributed by atoms with Crippen molar-refractivity contribution < 1.29 is 9.59 Å². The number of nitrogens with zero attached hydrogens (tertiary/aromatic N) is 2. The maximum absolute atomic E-state index is 13.2. The molecule has 5 heteroatoms. The van der Waals surface area contributed by atoms with Crippen LogP contribution in [0.15, 0.2) is 48.5 Å². The fourth-order valence-corrected chi connectivity index (χ4v) is 3.58. The third kappa shape index (κ3) is 4.33. The average molecular weight is 385 g/mol. The van der Waals surface area contributed by atoms with Crippen molar-refractivity contribution in [3.05, 3.63) is 64.7 Å². The largest absolute Gasteiger partial charge is 0.336 e. The second-order valence-corrected chi connectivity index (χ2v) is 7.79. The van der Waals surface area contributed by atoms with E-state index in [0.717, 1.165) is 16.8 Å². The highest BCUT2D eigenvalue weighted by Crippen LogP contribution is 2.30. The predicted octanol–water partition coefficient (Wildman–Crippen LogP) is 4.44. The van der Waals surface area contributed by atoms with Crippen LogP contribution in [-0.2, 0) is 16.1 Å². The minimum absolute atomic E-state index is 0.0305. The lowest BCUT2D eigenvalue weighted by Crippen LogP contribution is -2.41. The highest BCUT2D eigenvalue weighted by molar-refractivity contribution is 6.31. The fourth-order valence-electron chi connectivity index (χ4n) is 3.40. The molecule has 0 unspecified atom stereocenters. The van der Waals surface area contributed by atoms with Crippen molar-refractivity contribution in [2.75, 3.05) is 11.4 Å². The molecule has 1 aliphatic rings. The van der Waals surface area contributed by atoms with Gasteiger partial charge in [-0.25, -0.2) is 0 Å². The Morgan fingerprint density at radius 3 is 2.56 bits per heavy atom. The molecule has 0 aliphatic carbocycles. The zero-order chi connectivity index (χ0) is 19.6. The van der Waals surface area contributed by atoms with E-state index < -0.39 is 0 Å². The molecule has 142 valence electrons. The van der Waals surface area contributed by atoms with Crippen molar-refractivity contribution in [3.8, 4) is 0 Å². The van der Waals surface area contributed by atoms with Crippen LogP contribution in [0.2, 0.25) is 5.02 Å². The standard InChI is InChI=1S/C22H25ClN2O2/c1-15(2)24(13-17-7-5-4-6-8-17)22(27)18-11-21(26)25(14-18)19-10-9-16(3)20(23)12-19/h4-10,12,15,18H,11,13-14H2,1-3H3/t18-/m1/s1. The Kier molecular flexibility index (Phi) is 5.85. The van der Waals surface area contributed by atoms with E-state index in [1.165, 1.54) is 0 Å². The maximum Gasteiger partial charge on any atom is 0.228 e. The number of carbonyl (C=O) groups is 2. The minimum atomic E-state index is -0.330. The number of benzene rings is 2. The first-order chi connectivity index (χ1) is 12.9. The molecular formula is C22H25ClN2O2. The van der Waals surface area contributed by atoms with E-state index >= 15 is 0 Å². The summed E-state index contributed by atoms with van der Waals surface area (Å²) in [6, 6.07) is 15.6. The fraction of sp³-hybridized carbons (Fsp3) is 0.364. The summed E-state index contributed by atoms with van der Waals surface area (Å²) in [6.45, 7) is 6.89. The summed E-state index contributed by atoms with van der Waals surface area (Å²) in [6.07, 6.45) is 0.238. The van der Waals surface area contributed by atoms with Gasteiger partial charge in [0.2, 0.25) is 11.8 Å². The van der Waals surface area contributed by atoms with Gasteiger partial charge in [0.1, 0.15) is 0 Å². The van der Waals surface area contributed by atoms with E-state index in [4.69, 9.17) is 11.6 Å². The summed E-state index contributed by atoms with van der Waals surface area (Å²) in [7, 11) is 0. The summed E-state index contributed by atoms with van der Waals surface area (Å²) < 4.78 is 0. The molecule has 0 radical (unpaired) electrons.